The maximum atomic E-state index is 12.8. The summed E-state index contributed by atoms with van der Waals surface area (Å²) in [6.45, 7) is 1.62. The molecule has 0 heterocycles. The number of rotatable bonds is 3. The monoisotopic (exact) mass is 287 g/mol. The van der Waals surface area contributed by atoms with Gasteiger partial charge in [-0.1, -0.05) is 23.4 Å². The van der Waals surface area contributed by atoms with Gasteiger partial charge in [0.1, 0.15) is 5.82 Å². The quantitative estimate of drug-likeness (QED) is 0.458. The molecule has 0 aliphatic heterocycles. The van der Waals surface area contributed by atoms with Crippen LogP contribution in [0.2, 0.25) is 0 Å². The topological polar surface area (TPSA) is 73.7 Å². The van der Waals surface area contributed by atoms with E-state index in [-0.39, 0.29) is 5.82 Å². The third kappa shape index (κ3) is 3.79. The van der Waals surface area contributed by atoms with E-state index in [1.807, 2.05) is 0 Å². The molecule has 2 aromatic rings. The van der Waals surface area contributed by atoms with Gasteiger partial charge in [0, 0.05) is 11.3 Å². The Morgan fingerprint density at radius 3 is 2.43 bits per heavy atom. The van der Waals surface area contributed by atoms with Gasteiger partial charge in [-0.25, -0.2) is 9.18 Å². The zero-order valence-electron chi connectivity index (χ0n) is 11.3. The van der Waals surface area contributed by atoms with Crippen molar-refractivity contribution in [2.45, 2.75) is 6.92 Å². The standard InChI is InChI=1S/C15H14FN3O2/c1-10(19-21)13-4-2-3-5-14(13)18-15(20)17-12-8-6-11(16)7-9-12/h2-9,21H,1H3,(H2,17,18,20)/b19-10+. The van der Waals surface area contributed by atoms with Crippen LogP contribution >= 0.6 is 0 Å². The Morgan fingerprint density at radius 2 is 1.76 bits per heavy atom. The number of amides is 2. The fourth-order valence-corrected chi connectivity index (χ4v) is 1.78. The van der Waals surface area contributed by atoms with Gasteiger partial charge in [0.2, 0.25) is 0 Å². The first-order valence-electron chi connectivity index (χ1n) is 6.22. The molecule has 0 atom stereocenters. The van der Waals surface area contributed by atoms with Gasteiger partial charge in [0.25, 0.3) is 0 Å². The Kier molecular flexibility index (Phi) is 4.50. The lowest BCUT2D eigenvalue weighted by molar-refractivity contribution is 0.262. The number of halogens is 1. The third-order valence-electron chi connectivity index (χ3n) is 2.82. The molecule has 2 aromatic carbocycles. The predicted molar refractivity (Wildman–Crippen MR) is 79.5 cm³/mol. The number of nitrogens with one attached hydrogen (secondary N) is 2. The van der Waals surface area contributed by atoms with Crippen LogP contribution in [0.3, 0.4) is 0 Å². The number of hydrogen-bond donors (Lipinski definition) is 3. The molecule has 0 fully saturated rings. The lowest BCUT2D eigenvalue weighted by Crippen LogP contribution is -2.20. The average molecular weight is 287 g/mol. The van der Waals surface area contributed by atoms with Crippen molar-refractivity contribution in [2.75, 3.05) is 10.6 Å². The van der Waals surface area contributed by atoms with Crippen LogP contribution in [0.15, 0.2) is 53.7 Å². The molecule has 0 saturated heterocycles. The summed E-state index contributed by atoms with van der Waals surface area (Å²) < 4.78 is 12.8. The van der Waals surface area contributed by atoms with Crippen LogP contribution in [-0.2, 0) is 0 Å². The van der Waals surface area contributed by atoms with Crippen LogP contribution in [0.5, 0.6) is 0 Å². The van der Waals surface area contributed by atoms with Gasteiger partial charge < -0.3 is 15.8 Å². The molecule has 0 aliphatic rings. The van der Waals surface area contributed by atoms with Gasteiger partial charge in [-0.2, -0.15) is 0 Å². The molecule has 6 heteroatoms. The number of benzene rings is 2. The van der Waals surface area contributed by atoms with E-state index in [0.717, 1.165) is 0 Å². The summed E-state index contributed by atoms with van der Waals surface area (Å²) >= 11 is 0. The van der Waals surface area contributed by atoms with E-state index in [4.69, 9.17) is 5.21 Å². The number of carbonyl (C=O) groups is 1. The smallest absolute Gasteiger partial charge is 0.323 e. The molecular formula is C15H14FN3O2. The van der Waals surface area contributed by atoms with Crippen molar-refractivity contribution in [2.24, 2.45) is 5.16 Å². The molecule has 5 nitrogen and oxygen atoms in total. The zero-order valence-corrected chi connectivity index (χ0v) is 11.3. The highest BCUT2D eigenvalue weighted by atomic mass is 19.1. The number of urea groups is 1. The van der Waals surface area contributed by atoms with Crippen molar-refractivity contribution >= 4 is 23.1 Å². The van der Waals surface area contributed by atoms with Crippen molar-refractivity contribution in [1.82, 2.24) is 0 Å². The third-order valence-corrected chi connectivity index (χ3v) is 2.82. The Labute approximate surface area is 121 Å². The molecule has 0 aliphatic carbocycles. The van der Waals surface area contributed by atoms with Crippen LogP contribution in [-0.4, -0.2) is 17.0 Å². The fourth-order valence-electron chi connectivity index (χ4n) is 1.78. The van der Waals surface area contributed by atoms with E-state index < -0.39 is 6.03 Å². The first kappa shape index (κ1) is 14.5. The van der Waals surface area contributed by atoms with Gasteiger partial charge in [0.05, 0.1) is 11.4 Å². The van der Waals surface area contributed by atoms with Crippen molar-refractivity contribution in [3.05, 3.63) is 59.9 Å². The van der Waals surface area contributed by atoms with Gasteiger partial charge in [-0.15, -0.1) is 0 Å². The van der Waals surface area contributed by atoms with E-state index in [2.05, 4.69) is 15.8 Å². The minimum absolute atomic E-state index is 0.374. The SMILES string of the molecule is C/C(=N\O)c1ccccc1NC(=O)Nc1ccc(F)cc1. The molecule has 0 spiro atoms. The predicted octanol–water partition coefficient (Wildman–Crippen LogP) is 3.67. The number of carbonyl (C=O) groups excluding carboxylic acids is 1. The Balaban J connectivity index is 2.11. The zero-order chi connectivity index (χ0) is 15.2. The Bertz CT molecular complexity index is 669. The van der Waals surface area contributed by atoms with Crippen LogP contribution in [0.1, 0.15) is 12.5 Å². The highest BCUT2D eigenvalue weighted by Crippen LogP contribution is 2.17. The summed E-state index contributed by atoms with van der Waals surface area (Å²) in [5, 5.41) is 17.2. The molecule has 0 aromatic heterocycles. The molecular weight excluding hydrogens is 273 g/mol. The molecule has 2 amide bonds. The summed E-state index contributed by atoms with van der Waals surface area (Å²) in [4.78, 5) is 11.9. The van der Waals surface area contributed by atoms with Crippen molar-refractivity contribution in [3.8, 4) is 0 Å². The number of hydrogen-bond acceptors (Lipinski definition) is 3. The second-order valence-electron chi connectivity index (χ2n) is 4.32. The van der Waals surface area contributed by atoms with Crippen LogP contribution in [0.4, 0.5) is 20.6 Å². The Morgan fingerprint density at radius 1 is 1.10 bits per heavy atom. The fraction of sp³-hybridized carbons (Fsp3) is 0.0667. The molecule has 0 radical (unpaired) electrons. The largest absolute Gasteiger partial charge is 0.411 e. The van der Waals surface area contributed by atoms with Crippen molar-refractivity contribution in [1.29, 1.82) is 0 Å². The van der Waals surface area contributed by atoms with Crippen molar-refractivity contribution < 1.29 is 14.4 Å². The van der Waals surface area contributed by atoms with Gasteiger partial charge in [-0.3, -0.25) is 0 Å². The summed E-state index contributed by atoms with van der Waals surface area (Å²) in [7, 11) is 0. The first-order chi connectivity index (χ1) is 10.1. The summed E-state index contributed by atoms with van der Waals surface area (Å²) in [6.07, 6.45) is 0. The summed E-state index contributed by atoms with van der Waals surface area (Å²) in [6, 6.07) is 11.9. The first-order valence-corrected chi connectivity index (χ1v) is 6.22. The molecule has 108 valence electrons. The van der Waals surface area contributed by atoms with E-state index in [1.54, 1.807) is 31.2 Å². The molecule has 3 N–H and O–H groups in total. The molecule has 0 unspecified atom stereocenters. The van der Waals surface area contributed by atoms with Crippen LogP contribution < -0.4 is 10.6 Å². The summed E-state index contributed by atoms with van der Waals surface area (Å²) in [5.74, 6) is -0.374. The number of para-hydroxylation sites is 1. The number of anilines is 2. The lowest BCUT2D eigenvalue weighted by Gasteiger charge is -2.11. The van der Waals surface area contributed by atoms with Gasteiger partial charge >= 0.3 is 6.03 Å². The maximum absolute atomic E-state index is 12.8. The molecule has 2 rings (SSSR count). The minimum Gasteiger partial charge on any atom is -0.411 e. The van der Waals surface area contributed by atoms with E-state index in [9.17, 15) is 9.18 Å². The Hall–Kier alpha value is -2.89. The average Bonchev–Trinajstić information content (AvgIpc) is 2.49. The van der Waals surface area contributed by atoms with Crippen LogP contribution in [0, 0.1) is 5.82 Å². The normalized spacial score (nSPS) is 11.0. The number of nitrogens with zero attached hydrogens (tertiary/aromatic N) is 1. The van der Waals surface area contributed by atoms with E-state index >= 15 is 0 Å². The number of oxime groups is 1. The van der Waals surface area contributed by atoms with Gasteiger partial charge in [0.15, 0.2) is 0 Å². The molecule has 21 heavy (non-hydrogen) atoms. The highest BCUT2D eigenvalue weighted by Gasteiger charge is 2.09. The molecule has 0 bridgehead atoms. The molecule has 0 saturated carbocycles. The van der Waals surface area contributed by atoms with Gasteiger partial charge in [-0.05, 0) is 37.3 Å². The van der Waals surface area contributed by atoms with Crippen LogP contribution in [0.25, 0.3) is 0 Å². The second-order valence-corrected chi connectivity index (χ2v) is 4.32. The maximum Gasteiger partial charge on any atom is 0.323 e. The minimum atomic E-state index is -0.472. The lowest BCUT2D eigenvalue weighted by atomic mass is 10.1. The van der Waals surface area contributed by atoms with E-state index in [0.29, 0.717) is 22.6 Å². The highest BCUT2D eigenvalue weighted by molar-refractivity contribution is 6.08. The van der Waals surface area contributed by atoms with E-state index in [1.165, 1.54) is 24.3 Å². The second kappa shape index (κ2) is 6.51. The van der Waals surface area contributed by atoms with Crippen molar-refractivity contribution in [3.63, 3.8) is 0 Å². The summed E-state index contributed by atoms with van der Waals surface area (Å²) in [5.41, 5.74) is 1.97.